The fourth-order valence-electron chi connectivity index (χ4n) is 5.20. The molecule has 41 heavy (non-hydrogen) atoms. The second-order valence-electron chi connectivity index (χ2n) is 9.68. The molecule has 0 unspecified atom stereocenters. The average Bonchev–Trinajstić information content (AvgIpc) is 3.51. The first-order valence-electron chi connectivity index (χ1n) is 13.7. The molecule has 4 heteroatoms. The Kier molecular flexibility index (Phi) is 6.73. The third kappa shape index (κ3) is 4.86. The van der Waals surface area contributed by atoms with E-state index in [1.807, 2.05) is 6.07 Å². The fourth-order valence-corrected chi connectivity index (χ4v) is 6.30. The van der Waals surface area contributed by atoms with Crippen molar-refractivity contribution in [3.8, 4) is 10.6 Å². The molecule has 0 aliphatic carbocycles. The van der Waals surface area contributed by atoms with E-state index >= 15 is 0 Å². The van der Waals surface area contributed by atoms with Gasteiger partial charge in [0.15, 0.2) is 0 Å². The Morgan fingerprint density at radius 3 is 1.20 bits per heavy atom. The molecule has 0 saturated carbocycles. The maximum absolute atomic E-state index is 5.34. The third-order valence-corrected chi connectivity index (χ3v) is 8.19. The summed E-state index contributed by atoms with van der Waals surface area (Å²) in [5, 5.41) is 0.997. The van der Waals surface area contributed by atoms with Gasteiger partial charge in [-0.15, -0.1) is 11.3 Å². The molecule has 7 aromatic rings. The maximum Gasteiger partial charge on any atom is 0.124 e. The highest BCUT2D eigenvalue weighted by molar-refractivity contribution is 7.22. The molecular weight excluding hydrogens is 518 g/mol. The Morgan fingerprint density at radius 1 is 0.390 bits per heavy atom. The standard InChI is InChI=1S/C37H27N3S/c1-6-16-28(17-7-1)37-38-35-33(39(29-18-8-2-9-19-29)30-20-10-3-11-21-30)26-27-34(36(35)41-37)40(31-22-12-4-13-23-31)32-24-14-5-15-25-32/h1-27H. The van der Waals surface area contributed by atoms with Gasteiger partial charge in [0.25, 0.3) is 0 Å². The topological polar surface area (TPSA) is 19.4 Å². The van der Waals surface area contributed by atoms with Crippen LogP contribution in [0.25, 0.3) is 20.8 Å². The van der Waals surface area contributed by atoms with Gasteiger partial charge in [-0.1, -0.05) is 103 Å². The number of para-hydroxylation sites is 4. The zero-order valence-electron chi connectivity index (χ0n) is 22.3. The molecule has 0 radical (unpaired) electrons. The van der Waals surface area contributed by atoms with E-state index in [-0.39, 0.29) is 0 Å². The van der Waals surface area contributed by atoms with Gasteiger partial charge in [-0.25, -0.2) is 4.98 Å². The van der Waals surface area contributed by atoms with E-state index < -0.39 is 0 Å². The molecule has 1 aromatic heterocycles. The molecule has 0 amide bonds. The molecule has 0 fully saturated rings. The van der Waals surface area contributed by atoms with Crippen molar-refractivity contribution in [2.75, 3.05) is 9.80 Å². The van der Waals surface area contributed by atoms with Crippen LogP contribution in [-0.4, -0.2) is 4.98 Å². The predicted molar refractivity (Wildman–Crippen MR) is 174 cm³/mol. The second-order valence-corrected chi connectivity index (χ2v) is 10.7. The van der Waals surface area contributed by atoms with Crippen molar-refractivity contribution in [2.45, 2.75) is 0 Å². The highest BCUT2D eigenvalue weighted by Gasteiger charge is 2.23. The van der Waals surface area contributed by atoms with E-state index in [4.69, 9.17) is 4.98 Å². The van der Waals surface area contributed by atoms with Gasteiger partial charge in [0.1, 0.15) is 10.5 Å². The van der Waals surface area contributed by atoms with Crippen LogP contribution in [0.5, 0.6) is 0 Å². The van der Waals surface area contributed by atoms with Gasteiger partial charge >= 0.3 is 0 Å². The number of hydrogen-bond donors (Lipinski definition) is 0. The summed E-state index contributed by atoms with van der Waals surface area (Å²) in [6.45, 7) is 0. The zero-order valence-corrected chi connectivity index (χ0v) is 23.2. The predicted octanol–water partition coefficient (Wildman–Crippen LogP) is 10.9. The number of rotatable bonds is 7. The van der Waals surface area contributed by atoms with Gasteiger partial charge in [0, 0.05) is 28.3 Å². The number of benzene rings is 6. The largest absolute Gasteiger partial charge is 0.309 e. The Labute approximate surface area is 244 Å². The zero-order chi connectivity index (χ0) is 27.4. The van der Waals surface area contributed by atoms with Crippen LogP contribution in [0.2, 0.25) is 0 Å². The average molecular weight is 546 g/mol. The van der Waals surface area contributed by atoms with Crippen molar-refractivity contribution in [3.05, 3.63) is 164 Å². The van der Waals surface area contributed by atoms with E-state index in [9.17, 15) is 0 Å². The Hall–Kier alpha value is -5.19. The van der Waals surface area contributed by atoms with E-state index in [0.29, 0.717) is 0 Å². The first kappa shape index (κ1) is 24.8. The van der Waals surface area contributed by atoms with Crippen molar-refractivity contribution >= 4 is 55.7 Å². The van der Waals surface area contributed by atoms with Gasteiger partial charge < -0.3 is 9.80 Å². The van der Waals surface area contributed by atoms with Crippen LogP contribution in [0.15, 0.2) is 164 Å². The van der Waals surface area contributed by atoms with Crippen LogP contribution in [0.4, 0.5) is 34.1 Å². The SMILES string of the molecule is c1ccc(-c2nc3c(N(c4ccccc4)c4ccccc4)ccc(N(c4ccccc4)c4ccccc4)c3s2)cc1. The molecule has 6 aromatic carbocycles. The summed E-state index contributed by atoms with van der Waals surface area (Å²) in [5.74, 6) is 0. The van der Waals surface area contributed by atoms with Gasteiger partial charge in [0.05, 0.1) is 16.1 Å². The summed E-state index contributed by atoms with van der Waals surface area (Å²) in [4.78, 5) is 9.96. The van der Waals surface area contributed by atoms with Crippen LogP contribution >= 0.6 is 11.3 Å². The minimum Gasteiger partial charge on any atom is -0.309 e. The number of aromatic nitrogens is 1. The van der Waals surface area contributed by atoms with E-state index in [1.54, 1.807) is 11.3 Å². The van der Waals surface area contributed by atoms with E-state index in [1.165, 1.54) is 0 Å². The number of anilines is 6. The lowest BCUT2D eigenvalue weighted by atomic mass is 10.1. The van der Waals surface area contributed by atoms with Crippen molar-refractivity contribution in [1.82, 2.24) is 4.98 Å². The summed E-state index contributed by atoms with van der Waals surface area (Å²) in [6, 6.07) is 57.1. The fraction of sp³-hybridized carbons (Fsp3) is 0. The maximum atomic E-state index is 5.34. The summed E-state index contributed by atoms with van der Waals surface area (Å²) in [5.41, 5.74) is 8.60. The first-order valence-corrected chi connectivity index (χ1v) is 14.5. The Morgan fingerprint density at radius 2 is 0.756 bits per heavy atom. The van der Waals surface area contributed by atoms with Crippen molar-refractivity contribution in [3.63, 3.8) is 0 Å². The molecule has 1 heterocycles. The van der Waals surface area contributed by atoms with Crippen molar-refractivity contribution in [1.29, 1.82) is 0 Å². The smallest absolute Gasteiger partial charge is 0.124 e. The molecule has 0 atom stereocenters. The lowest BCUT2D eigenvalue weighted by Gasteiger charge is -2.29. The highest BCUT2D eigenvalue weighted by atomic mass is 32.1. The summed E-state index contributed by atoms with van der Waals surface area (Å²) in [7, 11) is 0. The van der Waals surface area contributed by atoms with Crippen LogP contribution < -0.4 is 9.80 Å². The molecule has 196 valence electrons. The van der Waals surface area contributed by atoms with E-state index in [0.717, 1.165) is 54.9 Å². The molecule has 0 aliphatic rings. The molecular formula is C37H27N3S. The summed E-state index contributed by atoms with van der Waals surface area (Å²) >= 11 is 1.74. The minimum atomic E-state index is 0.968. The number of hydrogen-bond acceptors (Lipinski definition) is 4. The molecule has 0 spiro atoms. The van der Waals surface area contributed by atoms with Crippen LogP contribution in [-0.2, 0) is 0 Å². The van der Waals surface area contributed by atoms with Crippen molar-refractivity contribution in [2.24, 2.45) is 0 Å². The summed E-state index contributed by atoms with van der Waals surface area (Å²) < 4.78 is 1.13. The number of fused-ring (bicyclic) bond motifs is 1. The second kappa shape index (κ2) is 11.1. The summed E-state index contributed by atoms with van der Waals surface area (Å²) in [6.07, 6.45) is 0. The van der Waals surface area contributed by atoms with Gasteiger partial charge in [-0.2, -0.15) is 0 Å². The lowest BCUT2D eigenvalue weighted by molar-refractivity contribution is 1.27. The van der Waals surface area contributed by atoms with E-state index in [2.05, 4.69) is 168 Å². The number of nitrogens with zero attached hydrogens (tertiary/aromatic N) is 3. The number of thiazole rings is 1. The molecule has 0 aliphatic heterocycles. The van der Waals surface area contributed by atoms with Crippen LogP contribution in [0.3, 0.4) is 0 Å². The Balaban J connectivity index is 1.52. The first-order chi connectivity index (χ1) is 20.4. The lowest BCUT2D eigenvalue weighted by Crippen LogP contribution is -2.12. The Bertz CT molecular complexity index is 1670. The highest BCUT2D eigenvalue weighted by Crippen LogP contribution is 2.48. The van der Waals surface area contributed by atoms with Crippen molar-refractivity contribution < 1.29 is 0 Å². The monoisotopic (exact) mass is 545 g/mol. The van der Waals surface area contributed by atoms with Gasteiger partial charge in [-0.05, 0) is 60.7 Å². The molecule has 7 rings (SSSR count). The van der Waals surface area contributed by atoms with Gasteiger partial charge in [0.2, 0.25) is 0 Å². The molecule has 0 N–H and O–H groups in total. The molecule has 3 nitrogen and oxygen atoms in total. The third-order valence-electron chi connectivity index (χ3n) is 7.06. The quantitative estimate of drug-likeness (QED) is 0.199. The van der Waals surface area contributed by atoms with Gasteiger partial charge in [-0.3, -0.25) is 0 Å². The molecule has 0 bridgehead atoms. The normalized spacial score (nSPS) is 10.9. The van der Waals surface area contributed by atoms with Crippen LogP contribution in [0, 0.1) is 0 Å². The molecule has 0 saturated heterocycles. The minimum absolute atomic E-state index is 0.968. The van der Waals surface area contributed by atoms with Crippen LogP contribution in [0.1, 0.15) is 0 Å².